The van der Waals surface area contributed by atoms with Crippen molar-refractivity contribution in [3.63, 3.8) is 0 Å². The Morgan fingerprint density at radius 2 is 1.91 bits per heavy atom. The molecule has 0 aliphatic carbocycles. The van der Waals surface area contributed by atoms with Crippen molar-refractivity contribution >= 4 is 23.6 Å². The van der Waals surface area contributed by atoms with E-state index in [1.807, 2.05) is 30.3 Å². The molecule has 2 N–H and O–H groups in total. The minimum absolute atomic E-state index is 0.0671. The molecule has 0 radical (unpaired) electrons. The van der Waals surface area contributed by atoms with E-state index >= 15 is 0 Å². The van der Waals surface area contributed by atoms with Crippen LogP contribution in [0.15, 0.2) is 59.6 Å². The van der Waals surface area contributed by atoms with E-state index in [-0.39, 0.29) is 17.6 Å². The highest BCUT2D eigenvalue weighted by atomic mass is 16.6. The lowest BCUT2D eigenvalue weighted by molar-refractivity contribution is -0.385. The molecular weight excluding hydrogens is 412 g/mol. The average Bonchev–Trinajstić information content (AvgIpc) is 2.70. The number of nitrogens with one attached hydrogen (secondary N) is 2. The van der Waals surface area contributed by atoms with Crippen molar-refractivity contribution in [3.8, 4) is 0 Å². The van der Waals surface area contributed by atoms with Crippen LogP contribution in [0.2, 0.25) is 0 Å². The van der Waals surface area contributed by atoms with Crippen LogP contribution in [-0.2, 0) is 21.5 Å². The molecule has 0 saturated carbocycles. The first kappa shape index (κ1) is 22.9. The van der Waals surface area contributed by atoms with Crippen LogP contribution in [0, 0.1) is 16.0 Å². The molecule has 0 saturated heterocycles. The summed E-state index contributed by atoms with van der Waals surface area (Å²) in [6, 6.07) is 15.5. The zero-order valence-electron chi connectivity index (χ0n) is 18.4. The summed E-state index contributed by atoms with van der Waals surface area (Å²) < 4.78 is 5.25. The van der Waals surface area contributed by atoms with Crippen molar-refractivity contribution in [2.75, 3.05) is 0 Å². The number of aliphatic imine (C=N–C) groups is 1. The Labute approximate surface area is 186 Å². The first-order valence-corrected chi connectivity index (χ1v) is 10.2. The molecule has 32 heavy (non-hydrogen) atoms. The van der Waals surface area contributed by atoms with E-state index < -0.39 is 28.1 Å². The van der Waals surface area contributed by atoms with Crippen LogP contribution in [0.4, 0.5) is 10.5 Å². The highest BCUT2D eigenvalue weighted by Gasteiger charge is 2.45. The van der Waals surface area contributed by atoms with Crippen LogP contribution < -0.4 is 10.6 Å². The van der Waals surface area contributed by atoms with E-state index in [0.717, 1.165) is 5.56 Å². The standard InChI is InChI=1S/C23H26N4O5/c1-22(2,3)32-21(29)25-20-24-19(28)18(13-15-9-6-5-7-10-15)23(4,26-20)16-11-8-12-17(14-16)27(30)31/h5-12,14,18H,13H2,1-4H3,(H2,24,25,26,28,29)/t18?,23-/m1/s1. The summed E-state index contributed by atoms with van der Waals surface area (Å²) in [5.41, 5.74) is -0.601. The third-order valence-electron chi connectivity index (χ3n) is 5.12. The van der Waals surface area contributed by atoms with Gasteiger partial charge < -0.3 is 4.74 Å². The van der Waals surface area contributed by atoms with Crippen LogP contribution in [0.25, 0.3) is 0 Å². The summed E-state index contributed by atoms with van der Waals surface area (Å²) in [7, 11) is 0. The summed E-state index contributed by atoms with van der Waals surface area (Å²) in [4.78, 5) is 40.9. The quantitative estimate of drug-likeness (QED) is 0.557. The maximum Gasteiger partial charge on any atom is 0.414 e. The first-order chi connectivity index (χ1) is 15.0. The van der Waals surface area contributed by atoms with Gasteiger partial charge in [-0.15, -0.1) is 0 Å². The molecule has 168 valence electrons. The SMILES string of the molecule is CC(C)(C)OC(=O)NC1=N[C@](C)(c2cccc([N+](=O)[O-])c2)C(Cc2ccccc2)C(=O)N1. The Hall–Kier alpha value is -3.75. The van der Waals surface area contributed by atoms with Gasteiger partial charge in [-0.1, -0.05) is 42.5 Å². The summed E-state index contributed by atoms with van der Waals surface area (Å²) in [5.74, 6) is -1.09. The molecule has 0 bridgehead atoms. The third kappa shape index (κ3) is 5.29. The molecule has 0 spiro atoms. The Kier molecular flexibility index (Phi) is 6.29. The second-order valence-corrected chi connectivity index (χ2v) is 8.77. The summed E-state index contributed by atoms with van der Waals surface area (Å²) in [5, 5.41) is 16.4. The highest BCUT2D eigenvalue weighted by Crippen LogP contribution is 2.39. The number of nitro benzene ring substituents is 1. The molecule has 1 aliphatic heterocycles. The lowest BCUT2D eigenvalue weighted by atomic mass is 9.75. The van der Waals surface area contributed by atoms with Gasteiger partial charge in [-0.25, -0.2) is 9.79 Å². The molecule has 2 amide bonds. The lowest BCUT2D eigenvalue weighted by Crippen LogP contribution is -2.56. The van der Waals surface area contributed by atoms with Crippen LogP contribution in [0.1, 0.15) is 38.8 Å². The van der Waals surface area contributed by atoms with Crippen molar-refractivity contribution in [2.24, 2.45) is 10.9 Å². The normalized spacial score (nSPS) is 20.7. The second-order valence-electron chi connectivity index (χ2n) is 8.77. The smallest absolute Gasteiger partial charge is 0.414 e. The Morgan fingerprint density at radius 1 is 1.22 bits per heavy atom. The number of ether oxygens (including phenoxy) is 1. The number of alkyl carbamates (subject to hydrolysis) is 1. The highest BCUT2D eigenvalue weighted by molar-refractivity contribution is 6.06. The van der Waals surface area contributed by atoms with Crippen molar-refractivity contribution in [1.82, 2.24) is 10.6 Å². The fourth-order valence-electron chi connectivity index (χ4n) is 3.60. The van der Waals surface area contributed by atoms with Gasteiger partial charge in [0.05, 0.1) is 16.4 Å². The van der Waals surface area contributed by atoms with Gasteiger partial charge in [0.2, 0.25) is 11.9 Å². The zero-order valence-corrected chi connectivity index (χ0v) is 18.4. The maximum absolute atomic E-state index is 13.2. The number of hydrogen-bond donors (Lipinski definition) is 2. The number of carbonyl (C=O) groups is 2. The Bertz CT molecular complexity index is 1060. The lowest BCUT2D eigenvalue weighted by Gasteiger charge is -2.38. The van der Waals surface area contributed by atoms with Gasteiger partial charge in [-0.3, -0.25) is 25.5 Å². The van der Waals surface area contributed by atoms with E-state index in [2.05, 4.69) is 15.6 Å². The predicted molar refractivity (Wildman–Crippen MR) is 119 cm³/mol. The van der Waals surface area contributed by atoms with E-state index in [1.165, 1.54) is 12.1 Å². The number of hydrogen-bond acceptors (Lipinski definition) is 6. The van der Waals surface area contributed by atoms with Crippen LogP contribution in [-0.4, -0.2) is 28.5 Å². The van der Waals surface area contributed by atoms with Crippen molar-refractivity contribution < 1.29 is 19.2 Å². The number of guanidine groups is 1. The molecule has 1 aliphatic rings. The maximum atomic E-state index is 13.2. The Morgan fingerprint density at radius 3 is 2.53 bits per heavy atom. The topological polar surface area (TPSA) is 123 Å². The second kappa shape index (κ2) is 8.78. The molecule has 9 heteroatoms. The van der Waals surface area contributed by atoms with Crippen molar-refractivity contribution in [1.29, 1.82) is 0 Å². The van der Waals surface area contributed by atoms with Gasteiger partial charge in [0.1, 0.15) is 5.60 Å². The molecule has 2 atom stereocenters. The molecule has 3 rings (SSSR count). The third-order valence-corrected chi connectivity index (χ3v) is 5.12. The Balaban J connectivity index is 2.03. The monoisotopic (exact) mass is 438 g/mol. The van der Waals surface area contributed by atoms with Gasteiger partial charge in [0.15, 0.2) is 0 Å². The minimum Gasteiger partial charge on any atom is -0.444 e. The van der Waals surface area contributed by atoms with Crippen LogP contribution in [0.5, 0.6) is 0 Å². The molecule has 2 aromatic carbocycles. The molecule has 0 aromatic heterocycles. The number of non-ortho nitro benzene ring substituents is 1. The summed E-state index contributed by atoms with van der Waals surface area (Å²) >= 11 is 0. The van der Waals surface area contributed by atoms with E-state index in [1.54, 1.807) is 39.8 Å². The van der Waals surface area contributed by atoms with Gasteiger partial charge in [-0.05, 0) is 45.2 Å². The number of carbonyl (C=O) groups excluding carboxylic acids is 2. The average molecular weight is 438 g/mol. The predicted octanol–water partition coefficient (Wildman–Crippen LogP) is 3.68. The number of nitro groups is 1. The van der Waals surface area contributed by atoms with E-state index in [4.69, 9.17) is 4.74 Å². The van der Waals surface area contributed by atoms with E-state index in [9.17, 15) is 19.7 Å². The van der Waals surface area contributed by atoms with Gasteiger partial charge in [-0.2, -0.15) is 0 Å². The zero-order chi connectivity index (χ0) is 23.5. The molecule has 0 fully saturated rings. The van der Waals surface area contributed by atoms with E-state index in [0.29, 0.717) is 12.0 Å². The molecule has 1 unspecified atom stereocenters. The molecule has 2 aromatic rings. The largest absolute Gasteiger partial charge is 0.444 e. The van der Waals surface area contributed by atoms with Crippen molar-refractivity contribution in [2.45, 2.75) is 45.3 Å². The number of amides is 2. The van der Waals surface area contributed by atoms with Crippen molar-refractivity contribution in [3.05, 3.63) is 75.8 Å². The fraction of sp³-hybridized carbons (Fsp3) is 0.348. The van der Waals surface area contributed by atoms with Gasteiger partial charge in [0, 0.05) is 12.1 Å². The van der Waals surface area contributed by atoms with Crippen LogP contribution in [0.3, 0.4) is 0 Å². The number of nitrogens with zero attached hydrogens (tertiary/aromatic N) is 2. The number of benzene rings is 2. The first-order valence-electron chi connectivity index (χ1n) is 10.2. The molecule has 1 heterocycles. The van der Waals surface area contributed by atoms with Gasteiger partial charge in [0.25, 0.3) is 5.69 Å². The summed E-state index contributed by atoms with van der Waals surface area (Å²) in [6.07, 6.45) is -0.408. The minimum atomic E-state index is -1.17. The fourth-order valence-corrected chi connectivity index (χ4v) is 3.60. The molecular formula is C23H26N4O5. The summed E-state index contributed by atoms with van der Waals surface area (Å²) in [6.45, 7) is 6.89. The van der Waals surface area contributed by atoms with Gasteiger partial charge >= 0.3 is 6.09 Å². The van der Waals surface area contributed by atoms with Crippen LogP contribution >= 0.6 is 0 Å². The number of rotatable bonds is 4. The molecule has 9 nitrogen and oxygen atoms in total.